The second-order valence-corrected chi connectivity index (χ2v) is 7.23. The summed E-state index contributed by atoms with van der Waals surface area (Å²) in [6.45, 7) is 1.84. The Bertz CT molecular complexity index is 802. The minimum absolute atomic E-state index is 0.219. The van der Waals surface area contributed by atoms with Crippen LogP contribution in [-0.4, -0.2) is 32.6 Å². The van der Waals surface area contributed by atoms with E-state index in [1.54, 1.807) is 49.6 Å². The molecule has 1 unspecified atom stereocenters. The van der Waals surface area contributed by atoms with Gasteiger partial charge in [-0.05, 0) is 36.8 Å². The molecular formula is C16H19N3O3S. The van der Waals surface area contributed by atoms with Crippen molar-refractivity contribution in [3.8, 4) is 0 Å². The molecule has 0 bridgehead atoms. The molecule has 2 rings (SSSR count). The fourth-order valence-electron chi connectivity index (χ4n) is 2.08. The summed E-state index contributed by atoms with van der Waals surface area (Å²) in [5, 5.41) is 5.76. The van der Waals surface area contributed by atoms with Crippen molar-refractivity contribution < 1.29 is 13.2 Å². The van der Waals surface area contributed by atoms with E-state index in [0.29, 0.717) is 11.4 Å². The summed E-state index contributed by atoms with van der Waals surface area (Å²) in [6, 6.07) is 9.53. The first-order chi connectivity index (χ1) is 10.8. The average molecular weight is 333 g/mol. The van der Waals surface area contributed by atoms with Gasteiger partial charge in [-0.25, -0.2) is 13.4 Å². The zero-order valence-corrected chi connectivity index (χ0v) is 14.0. The van der Waals surface area contributed by atoms with Crippen LogP contribution >= 0.6 is 0 Å². The maximum Gasteiger partial charge on any atom is 0.251 e. The molecule has 1 atom stereocenters. The summed E-state index contributed by atoms with van der Waals surface area (Å²) >= 11 is 0. The first kappa shape index (κ1) is 17.0. The van der Waals surface area contributed by atoms with Gasteiger partial charge in [0.05, 0.1) is 10.9 Å². The average Bonchev–Trinajstić information content (AvgIpc) is 2.54. The Morgan fingerprint density at radius 3 is 2.39 bits per heavy atom. The van der Waals surface area contributed by atoms with Gasteiger partial charge in [0, 0.05) is 25.1 Å². The second kappa shape index (κ2) is 6.78. The number of carbonyl (C=O) groups excluding carboxylic acids is 1. The number of hydrogen-bond acceptors (Lipinski definition) is 5. The molecule has 23 heavy (non-hydrogen) atoms. The fourth-order valence-corrected chi connectivity index (χ4v) is 2.71. The van der Waals surface area contributed by atoms with Crippen molar-refractivity contribution >= 4 is 21.6 Å². The Balaban J connectivity index is 2.11. The van der Waals surface area contributed by atoms with Crippen LogP contribution in [0.5, 0.6) is 0 Å². The smallest absolute Gasteiger partial charge is 0.251 e. The van der Waals surface area contributed by atoms with Crippen LogP contribution in [0.15, 0.2) is 47.5 Å². The number of amides is 1. The highest BCUT2D eigenvalue weighted by atomic mass is 32.2. The molecule has 6 nitrogen and oxygen atoms in total. The molecule has 1 amide bonds. The Hall–Kier alpha value is -2.41. The number of sulfone groups is 1. The number of benzene rings is 1. The third-order valence-electron chi connectivity index (χ3n) is 3.43. The lowest BCUT2D eigenvalue weighted by Crippen LogP contribution is -2.26. The van der Waals surface area contributed by atoms with Crippen LogP contribution in [0.3, 0.4) is 0 Å². The quantitative estimate of drug-likeness (QED) is 0.874. The van der Waals surface area contributed by atoms with Crippen LogP contribution in [0, 0.1) is 0 Å². The molecule has 0 aliphatic heterocycles. The van der Waals surface area contributed by atoms with Gasteiger partial charge in [0.1, 0.15) is 5.82 Å². The first-order valence-electron chi connectivity index (χ1n) is 7.06. The molecule has 0 saturated heterocycles. The number of aromatic nitrogens is 1. The van der Waals surface area contributed by atoms with Crippen molar-refractivity contribution in [1.82, 2.24) is 10.3 Å². The number of carbonyl (C=O) groups is 1. The van der Waals surface area contributed by atoms with Crippen LogP contribution in [0.25, 0.3) is 0 Å². The lowest BCUT2D eigenvalue weighted by molar-refractivity contribution is 0.0940. The van der Waals surface area contributed by atoms with Crippen LogP contribution in [0.2, 0.25) is 0 Å². The number of pyridine rings is 1. The first-order valence-corrected chi connectivity index (χ1v) is 8.95. The number of nitrogens with one attached hydrogen (secondary N) is 2. The molecule has 0 saturated carbocycles. The summed E-state index contributed by atoms with van der Waals surface area (Å²) in [5.41, 5.74) is 1.33. The van der Waals surface area contributed by atoms with Gasteiger partial charge in [0.15, 0.2) is 9.84 Å². The van der Waals surface area contributed by atoms with Gasteiger partial charge in [-0.15, -0.1) is 0 Å². The van der Waals surface area contributed by atoms with E-state index in [0.717, 1.165) is 11.8 Å². The Kier molecular flexibility index (Phi) is 5.00. The van der Waals surface area contributed by atoms with E-state index in [-0.39, 0.29) is 16.8 Å². The van der Waals surface area contributed by atoms with Gasteiger partial charge >= 0.3 is 0 Å². The largest absolute Gasteiger partial charge is 0.373 e. The highest BCUT2D eigenvalue weighted by molar-refractivity contribution is 7.90. The van der Waals surface area contributed by atoms with Crippen LogP contribution in [0.4, 0.5) is 5.82 Å². The van der Waals surface area contributed by atoms with E-state index in [4.69, 9.17) is 0 Å². The van der Waals surface area contributed by atoms with Crippen molar-refractivity contribution in [1.29, 1.82) is 0 Å². The minimum Gasteiger partial charge on any atom is -0.373 e. The number of anilines is 1. The van der Waals surface area contributed by atoms with Gasteiger partial charge in [0.25, 0.3) is 5.91 Å². The van der Waals surface area contributed by atoms with E-state index < -0.39 is 9.84 Å². The van der Waals surface area contributed by atoms with E-state index in [1.165, 1.54) is 0 Å². The number of hydrogen-bond donors (Lipinski definition) is 2. The van der Waals surface area contributed by atoms with Crippen molar-refractivity contribution in [3.63, 3.8) is 0 Å². The number of nitrogens with zero attached hydrogens (tertiary/aromatic N) is 1. The summed E-state index contributed by atoms with van der Waals surface area (Å²) in [6.07, 6.45) is 2.72. The highest BCUT2D eigenvalue weighted by Crippen LogP contribution is 2.17. The predicted molar refractivity (Wildman–Crippen MR) is 89.2 cm³/mol. The molecule has 2 aromatic rings. The molecule has 122 valence electrons. The molecule has 1 aromatic heterocycles. The molecule has 0 aliphatic rings. The molecular weight excluding hydrogens is 314 g/mol. The maximum absolute atomic E-state index is 12.3. The van der Waals surface area contributed by atoms with Crippen LogP contribution in [-0.2, 0) is 9.84 Å². The zero-order valence-electron chi connectivity index (χ0n) is 13.2. The van der Waals surface area contributed by atoms with Gasteiger partial charge in [-0.1, -0.05) is 12.1 Å². The zero-order chi connectivity index (χ0) is 17.0. The van der Waals surface area contributed by atoms with Crippen molar-refractivity contribution in [2.45, 2.75) is 17.9 Å². The van der Waals surface area contributed by atoms with E-state index in [1.807, 2.05) is 6.92 Å². The SMILES string of the molecule is CNc1cc(C(=O)NC(C)c2ccc(S(C)(=O)=O)cc2)ccn1. The molecule has 0 radical (unpaired) electrons. The Morgan fingerprint density at radius 1 is 1.17 bits per heavy atom. The van der Waals surface area contributed by atoms with Gasteiger partial charge in [-0.3, -0.25) is 4.79 Å². The third kappa shape index (κ3) is 4.29. The lowest BCUT2D eigenvalue weighted by atomic mass is 10.1. The van der Waals surface area contributed by atoms with Crippen molar-refractivity contribution in [3.05, 3.63) is 53.7 Å². The monoisotopic (exact) mass is 333 g/mol. The van der Waals surface area contributed by atoms with E-state index >= 15 is 0 Å². The Morgan fingerprint density at radius 2 is 1.83 bits per heavy atom. The number of rotatable bonds is 5. The summed E-state index contributed by atoms with van der Waals surface area (Å²) in [5.74, 6) is 0.395. The van der Waals surface area contributed by atoms with Gasteiger partial charge in [-0.2, -0.15) is 0 Å². The topological polar surface area (TPSA) is 88.2 Å². The summed E-state index contributed by atoms with van der Waals surface area (Å²) < 4.78 is 22.9. The molecule has 0 spiro atoms. The van der Waals surface area contributed by atoms with Crippen molar-refractivity contribution in [2.75, 3.05) is 18.6 Å². The van der Waals surface area contributed by atoms with E-state index in [2.05, 4.69) is 15.6 Å². The van der Waals surface area contributed by atoms with Crippen LogP contribution < -0.4 is 10.6 Å². The Labute approximate surface area is 135 Å². The van der Waals surface area contributed by atoms with Crippen LogP contribution in [0.1, 0.15) is 28.9 Å². The third-order valence-corrected chi connectivity index (χ3v) is 4.56. The van der Waals surface area contributed by atoms with Crippen molar-refractivity contribution in [2.24, 2.45) is 0 Å². The molecule has 0 aliphatic carbocycles. The second-order valence-electron chi connectivity index (χ2n) is 5.22. The molecule has 1 aromatic carbocycles. The fraction of sp³-hybridized carbons (Fsp3) is 0.250. The predicted octanol–water partition coefficient (Wildman–Crippen LogP) is 2.02. The molecule has 1 heterocycles. The molecule has 2 N–H and O–H groups in total. The lowest BCUT2D eigenvalue weighted by Gasteiger charge is -2.15. The minimum atomic E-state index is -3.22. The maximum atomic E-state index is 12.3. The standard InChI is InChI=1S/C16H19N3O3S/c1-11(12-4-6-14(7-5-12)23(3,21)22)19-16(20)13-8-9-18-15(10-13)17-2/h4-11H,1-3H3,(H,17,18)(H,19,20). The highest BCUT2D eigenvalue weighted by Gasteiger charge is 2.13. The molecule has 7 heteroatoms. The summed E-state index contributed by atoms with van der Waals surface area (Å²) in [4.78, 5) is 16.6. The normalized spacial score (nSPS) is 12.5. The van der Waals surface area contributed by atoms with Gasteiger partial charge in [0.2, 0.25) is 0 Å². The summed E-state index contributed by atoms with van der Waals surface area (Å²) in [7, 11) is -1.49. The molecule has 0 fully saturated rings. The van der Waals surface area contributed by atoms with Gasteiger partial charge < -0.3 is 10.6 Å². The van der Waals surface area contributed by atoms with E-state index in [9.17, 15) is 13.2 Å².